The van der Waals surface area contributed by atoms with Crippen LogP contribution in [0, 0.1) is 5.41 Å². The molecule has 27 heavy (non-hydrogen) atoms. The first-order chi connectivity index (χ1) is 13.0. The van der Waals surface area contributed by atoms with Crippen LogP contribution in [0.4, 0.5) is 0 Å². The number of amides is 1. The number of unbranched alkanes of at least 4 members (excludes halogenated alkanes) is 9. The van der Waals surface area contributed by atoms with Crippen LogP contribution in [-0.4, -0.2) is 30.4 Å². The highest BCUT2D eigenvalue weighted by molar-refractivity contribution is 5.84. The molecular formula is C21H41N3O3. The van der Waals surface area contributed by atoms with Crippen molar-refractivity contribution in [2.45, 2.75) is 110 Å². The summed E-state index contributed by atoms with van der Waals surface area (Å²) in [6.45, 7) is 4.29. The van der Waals surface area contributed by atoms with Crippen molar-refractivity contribution in [3.8, 4) is 0 Å². The molecular weight excluding hydrogens is 342 g/mol. The average molecular weight is 384 g/mol. The van der Waals surface area contributed by atoms with E-state index in [0.717, 1.165) is 25.7 Å². The third-order valence-electron chi connectivity index (χ3n) is 4.60. The number of nitrogens with two attached hydrogens (primary N) is 1. The topological polar surface area (TPSA) is 105 Å². The number of hydrogen-bond donors (Lipinski definition) is 3. The maximum absolute atomic E-state index is 12.1. The Hall–Kier alpha value is -1.59. The standard InChI is InChI=1S/C21H41N3O3/c1-3-5-6-7-8-9-10-11-12-17-20(25)24-18(21(26)27-4-2)15-13-14-16-19(22)23/h18H,3-17H2,1-2H3,(H3,22,23)(H,24,25)/t18-/m0/s1. The zero-order valence-electron chi connectivity index (χ0n) is 17.5. The first kappa shape index (κ1) is 25.4. The number of hydrogen-bond acceptors (Lipinski definition) is 4. The van der Waals surface area contributed by atoms with Gasteiger partial charge in [-0.15, -0.1) is 0 Å². The van der Waals surface area contributed by atoms with Crippen LogP contribution in [0.15, 0.2) is 0 Å². The minimum Gasteiger partial charge on any atom is -0.464 e. The molecule has 0 fully saturated rings. The number of amidine groups is 1. The van der Waals surface area contributed by atoms with Crippen molar-refractivity contribution in [1.29, 1.82) is 5.41 Å². The van der Waals surface area contributed by atoms with Gasteiger partial charge in [-0.05, 0) is 26.2 Å². The second-order valence-electron chi connectivity index (χ2n) is 7.22. The number of esters is 1. The predicted octanol–water partition coefficient (Wildman–Crippen LogP) is 4.45. The van der Waals surface area contributed by atoms with Gasteiger partial charge >= 0.3 is 5.97 Å². The van der Waals surface area contributed by atoms with Gasteiger partial charge in [0, 0.05) is 12.8 Å². The molecule has 0 aliphatic heterocycles. The Bertz CT molecular complexity index is 413. The Kier molecular flexibility index (Phi) is 16.8. The van der Waals surface area contributed by atoms with E-state index >= 15 is 0 Å². The highest BCUT2D eigenvalue weighted by atomic mass is 16.5. The summed E-state index contributed by atoms with van der Waals surface area (Å²) in [6, 6.07) is -0.594. The van der Waals surface area contributed by atoms with Gasteiger partial charge in [-0.3, -0.25) is 10.2 Å². The third kappa shape index (κ3) is 16.3. The molecule has 0 unspecified atom stereocenters. The van der Waals surface area contributed by atoms with Crippen molar-refractivity contribution in [2.24, 2.45) is 5.73 Å². The summed E-state index contributed by atoms with van der Waals surface area (Å²) >= 11 is 0. The van der Waals surface area contributed by atoms with Gasteiger partial charge in [0.05, 0.1) is 12.4 Å². The van der Waals surface area contributed by atoms with E-state index in [2.05, 4.69) is 12.2 Å². The molecule has 0 heterocycles. The number of rotatable bonds is 18. The van der Waals surface area contributed by atoms with E-state index < -0.39 is 6.04 Å². The minimum absolute atomic E-state index is 0.0810. The minimum atomic E-state index is -0.594. The molecule has 0 aromatic carbocycles. The quantitative estimate of drug-likeness (QED) is 0.141. The first-order valence-corrected chi connectivity index (χ1v) is 10.8. The summed E-state index contributed by atoms with van der Waals surface area (Å²) in [5, 5.41) is 10.0. The van der Waals surface area contributed by atoms with Crippen LogP contribution < -0.4 is 11.1 Å². The van der Waals surface area contributed by atoms with E-state index in [0.29, 0.717) is 25.9 Å². The molecule has 0 aliphatic rings. The van der Waals surface area contributed by atoms with Crippen LogP contribution in [0.2, 0.25) is 0 Å². The monoisotopic (exact) mass is 383 g/mol. The normalized spacial score (nSPS) is 11.8. The van der Waals surface area contributed by atoms with Crippen molar-refractivity contribution in [1.82, 2.24) is 5.32 Å². The molecule has 6 heteroatoms. The Labute approximate surface area is 165 Å². The zero-order chi connectivity index (χ0) is 20.3. The van der Waals surface area contributed by atoms with Crippen LogP contribution >= 0.6 is 0 Å². The van der Waals surface area contributed by atoms with Gasteiger partial charge in [-0.2, -0.15) is 0 Å². The van der Waals surface area contributed by atoms with E-state index in [9.17, 15) is 9.59 Å². The fraction of sp³-hybridized carbons (Fsp3) is 0.857. The van der Waals surface area contributed by atoms with Gasteiger partial charge in [0.1, 0.15) is 6.04 Å². The average Bonchev–Trinajstić information content (AvgIpc) is 2.62. The zero-order valence-corrected chi connectivity index (χ0v) is 17.5. The lowest BCUT2D eigenvalue weighted by Gasteiger charge is -2.17. The van der Waals surface area contributed by atoms with Crippen LogP contribution in [0.3, 0.4) is 0 Å². The lowest BCUT2D eigenvalue weighted by molar-refractivity contribution is -0.147. The second-order valence-corrected chi connectivity index (χ2v) is 7.22. The van der Waals surface area contributed by atoms with E-state index in [1.807, 2.05) is 0 Å². The first-order valence-electron chi connectivity index (χ1n) is 10.8. The fourth-order valence-electron chi connectivity index (χ4n) is 3.02. The predicted molar refractivity (Wildman–Crippen MR) is 111 cm³/mol. The van der Waals surface area contributed by atoms with Gasteiger partial charge in [-0.25, -0.2) is 4.79 Å². The SMILES string of the molecule is CCCCCCCCCCCC(=O)N[C@@H](CCCCC(=N)N)C(=O)OCC. The fourth-order valence-corrected chi connectivity index (χ4v) is 3.02. The summed E-state index contributed by atoms with van der Waals surface area (Å²) in [5.74, 6) is -0.305. The number of carbonyl (C=O) groups is 2. The van der Waals surface area contributed by atoms with Gasteiger partial charge in [0.25, 0.3) is 0 Å². The molecule has 0 aliphatic carbocycles. The summed E-state index contributed by atoms with van der Waals surface area (Å²) in [5.41, 5.74) is 5.34. The highest BCUT2D eigenvalue weighted by Gasteiger charge is 2.21. The molecule has 158 valence electrons. The lowest BCUT2D eigenvalue weighted by Crippen LogP contribution is -2.41. The molecule has 0 rings (SSSR count). The molecule has 0 radical (unpaired) electrons. The largest absolute Gasteiger partial charge is 0.464 e. The molecule has 6 nitrogen and oxygen atoms in total. The molecule has 1 atom stereocenters. The maximum Gasteiger partial charge on any atom is 0.328 e. The van der Waals surface area contributed by atoms with Crippen molar-refractivity contribution in [3.63, 3.8) is 0 Å². The van der Waals surface area contributed by atoms with Gasteiger partial charge < -0.3 is 15.8 Å². The second kappa shape index (κ2) is 17.8. The molecule has 0 aromatic rings. The summed E-state index contributed by atoms with van der Waals surface area (Å²) in [7, 11) is 0. The molecule has 4 N–H and O–H groups in total. The van der Waals surface area contributed by atoms with Crippen molar-refractivity contribution >= 4 is 17.7 Å². The summed E-state index contributed by atoms with van der Waals surface area (Å²) in [4.78, 5) is 24.2. The van der Waals surface area contributed by atoms with Crippen LogP contribution in [0.25, 0.3) is 0 Å². The Morgan fingerprint density at radius 3 is 2.00 bits per heavy atom. The summed E-state index contributed by atoms with van der Waals surface area (Å²) < 4.78 is 5.06. The van der Waals surface area contributed by atoms with E-state index in [-0.39, 0.29) is 17.7 Å². The van der Waals surface area contributed by atoms with Gasteiger partial charge in [0.15, 0.2) is 0 Å². The molecule has 0 spiro atoms. The molecule has 0 saturated heterocycles. The molecule has 1 amide bonds. The van der Waals surface area contributed by atoms with Crippen LogP contribution in [-0.2, 0) is 14.3 Å². The van der Waals surface area contributed by atoms with Crippen molar-refractivity contribution in [2.75, 3.05) is 6.61 Å². The molecule has 0 saturated carbocycles. The number of nitrogens with one attached hydrogen (secondary N) is 2. The smallest absolute Gasteiger partial charge is 0.328 e. The van der Waals surface area contributed by atoms with Crippen molar-refractivity contribution in [3.05, 3.63) is 0 Å². The van der Waals surface area contributed by atoms with Gasteiger partial charge in [0.2, 0.25) is 5.91 Å². The molecule has 0 aromatic heterocycles. The van der Waals surface area contributed by atoms with E-state index in [1.54, 1.807) is 6.92 Å². The Morgan fingerprint density at radius 2 is 1.44 bits per heavy atom. The number of ether oxygens (including phenoxy) is 1. The van der Waals surface area contributed by atoms with Crippen molar-refractivity contribution < 1.29 is 14.3 Å². The summed E-state index contributed by atoms with van der Waals surface area (Å²) in [6.07, 6.45) is 13.8. The van der Waals surface area contributed by atoms with Gasteiger partial charge in [-0.1, -0.05) is 64.7 Å². The van der Waals surface area contributed by atoms with E-state index in [4.69, 9.17) is 15.9 Å². The highest BCUT2D eigenvalue weighted by Crippen LogP contribution is 2.11. The maximum atomic E-state index is 12.1. The Balaban J connectivity index is 3.95. The van der Waals surface area contributed by atoms with E-state index in [1.165, 1.54) is 44.9 Å². The molecule has 0 bridgehead atoms. The number of carbonyl (C=O) groups excluding carboxylic acids is 2. The Morgan fingerprint density at radius 1 is 0.889 bits per heavy atom. The van der Waals surface area contributed by atoms with Crippen LogP contribution in [0.1, 0.15) is 104 Å². The lowest BCUT2D eigenvalue weighted by atomic mass is 10.1. The van der Waals surface area contributed by atoms with Crippen LogP contribution in [0.5, 0.6) is 0 Å². The third-order valence-corrected chi connectivity index (χ3v) is 4.60.